The van der Waals surface area contributed by atoms with E-state index in [0.717, 1.165) is 16.1 Å². The maximum Gasteiger partial charge on any atom is 0.251 e. The van der Waals surface area contributed by atoms with Crippen LogP contribution in [0.2, 0.25) is 0 Å². The molecule has 5 heteroatoms. The number of thiazole rings is 1. The number of aromatic nitrogens is 2. The van der Waals surface area contributed by atoms with Crippen LogP contribution in [0.25, 0.3) is 10.6 Å². The zero-order valence-electron chi connectivity index (χ0n) is 11.2. The number of carbonyl (C=O) groups is 1. The highest BCUT2D eigenvalue weighted by Crippen LogP contribution is 2.22. The molecule has 0 bridgehead atoms. The van der Waals surface area contributed by atoms with Crippen LogP contribution in [0.15, 0.2) is 60.4 Å². The van der Waals surface area contributed by atoms with Gasteiger partial charge in [0.2, 0.25) is 0 Å². The summed E-state index contributed by atoms with van der Waals surface area (Å²) >= 11 is 1.56. The quantitative estimate of drug-likeness (QED) is 0.804. The third-order valence-electron chi connectivity index (χ3n) is 2.98. The van der Waals surface area contributed by atoms with Crippen molar-refractivity contribution in [3.8, 4) is 10.6 Å². The van der Waals surface area contributed by atoms with Gasteiger partial charge in [-0.1, -0.05) is 18.2 Å². The van der Waals surface area contributed by atoms with Crippen molar-refractivity contribution in [1.82, 2.24) is 15.3 Å². The summed E-state index contributed by atoms with van der Waals surface area (Å²) in [5, 5.41) is 5.73. The Morgan fingerprint density at radius 2 is 2.14 bits per heavy atom. The van der Waals surface area contributed by atoms with E-state index in [1.54, 1.807) is 36.0 Å². The molecule has 104 valence electrons. The van der Waals surface area contributed by atoms with Crippen LogP contribution in [0.5, 0.6) is 0 Å². The van der Waals surface area contributed by atoms with E-state index in [0.29, 0.717) is 12.1 Å². The lowest BCUT2D eigenvalue weighted by Gasteiger charge is -2.06. The maximum atomic E-state index is 12.2. The average Bonchev–Trinajstić information content (AvgIpc) is 3.08. The molecule has 3 aromatic rings. The van der Waals surface area contributed by atoms with Crippen molar-refractivity contribution >= 4 is 17.2 Å². The molecule has 1 amide bonds. The highest BCUT2D eigenvalue weighted by atomic mass is 32.1. The topological polar surface area (TPSA) is 54.9 Å². The second kappa shape index (κ2) is 6.28. The van der Waals surface area contributed by atoms with Crippen molar-refractivity contribution in [2.24, 2.45) is 0 Å². The fraction of sp³-hybridized carbons (Fsp3) is 0.0625. The molecule has 2 heterocycles. The van der Waals surface area contributed by atoms with Crippen molar-refractivity contribution in [1.29, 1.82) is 0 Å². The smallest absolute Gasteiger partial charge is 0.251 e. The summed E-state index contributed by atoms with van der Waals surface area (Å²) in [6.45, 7) is 0.466. The number of hydrogen-bond acceptors (Lipinski definition) is 4. The SMILES string of the molecule is O=C(NCc1cccnc1)c1cccc(-c2nccs2)c1. The first kappa shape index (κ1) is 13.5. The van der Waals surface area contributed by atoms with Gasteiger partial charge in [0.1, 0.15) is 5.01 Å². The Morgan fingerprint density at radius 1 is 1.19 bits per heavy atom. The van der Waals surface area contributed by atoms with Crippen LogP contribution in [-0.2, 0) is 6.54 Å². The molecular formula is C16H13N3OS. The van der Waals surface area contributed by atoms with Gasteiger partial charge >= 0.3 is 0 Å². The molecule has 0 unspecified atom stereocenters. The lowest BCUT2D eigenvalue weighted by Crippen LogP contribution is -2.22. The van der Waals surface area contributed by atoms with Crippen LogP contribution in [0.1, 0.15) is 15.9 Å². The first-order valence-electron chi connectivity index (χ1n) is 6.50. The Balaban J connectivity index is 1.72. The number of amides is 1. The molecule has 0 aliphatic rings. The highest BCUT2D eigenvalue weighted by Gasteiger charge is 2.08. The molecule has 0 atom stereocenters. The number of pyridine rings is 1. The number of carbonyl (C=O) groups excluding carboxylic acids is 1. The van der Waals surface area contributed by atoms with E-state index in [1.807, 2.05) is 35.7 Å². The zero-order valence-corrected chi connectivity index (χ0v) is 12.0. The molecule has 3 rings (SSSR count). The van der Waals surface area contributed by atoms with Crippen LogP contribution in [-0.4, -0.2) is 15.9 Å². The van der Waals surface area contributed by atoms with Gasteiger partial charge < -0.3 is 5.32 Å². The number of nitrogens with zero attached hydrogens (tertiary/aromatic N) is 2. The van der Waals surface area contributed by atoms with Crippen molar-refractivity contribution < 1.29 is 4.79 Å². The van der Waals surface area contributed by atoms with E-state index < -0.39 is 0 Å². The van der Waals surface area contributed by atoms with Gasteiger partial charge in [-0.25, -0.2) is 4.98 Å². The van der Waals surface area contributed by atoms with Gasteiger partial charge in [0, 0.05) is 41.6 Å². The zero-order chi connectivity index (χ0) is 14.5. The third-order valence-corrected chi connectivity index (χ3v) is 3.80. The molecule has 0 saturated carbocycles. The number of rotatable bonds is 4. The first-order chi connectivity index (χ1) is 10.3. The van der Waals surface area contributed by atoms with Gasteiger partial charge in [-0.3, -0.25) is 9.78 Å². The molecule has 0 saturated heterocycles. The third kappa shape index (κ3) is 3.32. The summed E-state index contributed by atoms with van der Waals surface area (Å²) in [5.74, 6) is -0.0998. The molecule has 0 fully saturated rings. The van der Waals surface area contributed by atoms with Gasteiger partial charge in [-0.05, 0) is 23.8 Å². The highest BCUT2D eigenvalue weighted by molar-refractivity contribution is 7.13. The summed E-state index contributed by atoms with van der Waals surface area (Å²) in [6, 6.07) is 11.3. The van der Waals surface area contributed by atoms with Crippen LogP contribution >= 0.6 is 11.3 Å². The van der Waals surface area contributed by atoms with E-state index in [4.69, 9.17) is 0 Å². The van der Waals surface area contributed by atoms with E-state index in [2.05, 4.69) is 15.3 Å². The van der Waals surface area contributed by atoms with Crippen molar-refractivity contribution in [2.75, 3.05) is 0 Å². The molecule has 2 aromatic heterocycles. The Morgan fingerprint density at radius 3 is 2.90 bits per heavy atom. The molecule has 0 aliphatic heterocycles. The van der Waals surface area contributed by atoms with Gasteiger partial charge in [0.25, 0.3) is 5.91 Å². The van der Waals surface area contributed by atoms with Gasteiger partial charge in [-0.2, -0.15) is 0 Å². The largest absolute Gasteiger partial charge is 0.348 e. The van der Waals surface area contributed by atoms with Crippen LogP contribution < -0.4 is 5.32 Å². The monoisotopic (exact) mass is 295 g/mol. The van der Waals surface area contributed by atoms with Crippen molar-refractivity contribution in [3.63, 3.8) is 0 Å². The Hall–Kier alpha value is -2.53. The second-order valence-corrected chi connectivity index (χ2v) is 5.36. The van der Waals surface area contributed by atoms with E-state index >= 15 is 0 Å². The van der Waals surface area contributed by atoms with Crippen molar-refractivity contribution in [3.05, 3.63) is 71.5 Å². The molecule has 0 radical (unpaired) electrons. The molecule has 4 nitrogen and oxygen atoms in total. The predicted molar refractivity (Wildman–Crippen MR) is 83.0 cm³/mol. The number of nitrogens with one attached hydrogen (secondary N) is 1. The Labute approximate surface area is 126 Å². The molecule has 1 aromatic carbocycles. The summed E-state index contributed by atoms with van der Waals surface area (Å²) in [7, 11) is 0. The normalized spacial score (nSPS) is 10.3. The standard InChI is InChI=1S/C16H13N3OS/c20-15(19-11-12-3-2-6-17-10-12)13-4-1-5-14(9-13)16-18-7-8-21-16/h1-10H,11H2,(H,19,20). The fourth-order valence-electron chi connectivity index (χ4n) is 1.95. The molecule has 21 heavy (non-hydrogen) atoms. The summed E-state index contributed by atoms with van der Waals surface area (Å²) in [5.41, 5.74) is 2.56. The minimum Gasteiger partial charge on any atom is -0.348 e. The first-order valence-corrected chi connectivity index (χ1v) is 7.38. The molecule has 0 spiro atoms. The second-order valence-electron chi connectivity index (χ2n) is 4.46. The fourth-order valence-corrected chi connectivity index (χ4v) is 2.58. The van der Waals surface area contributed by atoms with Crippen LogP contribution in [0.3, 0.4) is 0 Å². The molecular weight excluding hydrogens is 282 g/mol. The molecule has 1 N–H and O–H groups in total. The predicted octanol–water partition coefficient (Wildman–Crippen LogP) is 3.14. The minimum absolute atomic E-state index is 0.0998. The van der Waals surface area contributed by atoms with Crippen molar-refractivity contribution in [2.45, 2.75) is 6.54 Å². The van der Waals surface area contributed by atoms with Gasteiger partial charge in [0.05, 0.1) is 0 Å². The Bertz CT molecular complexity index is 726. The summed E-state index contributed by atoms with van der Waals surface area (Å²) < 4.78 is 0. The summed E-state index contributed by atoms with van der Waals surface area (Å²) in [6.07, 6.45) is 5.21. The number of benzene rings is 1. The van der Waals surface area contributed by atoms with Crippen LogP contribution in [0.4, 0.5) is 0 Å². The minimum atomic E-state index is -0.0998. The summed E-state index contributed by atoms with van der Waals surface area (Å²) in [4.78, 5) is 20.5. The Kier molecular flexibility index (Phi) is 4.02. The van der Waals surface area contributed by atoms with Crippen LogP contribution in [0, 0.1) is 0 Å². The van der Waals surface area contributed by atoms with E-state index in [1.165, 1.54) is 0 Å². The lowest BCUT2D eigenvalue weighted by atomic mass is 10.1. The molecule has 0 aliphatic carbocycles. The van der Waals surface area contributed by atoms with Gasteiger partial charge in [0.15, 0.2) is 0 Å². The number of hydrogen-bond donors (Lipinski definition) is 1. The average molecular weight is 295 g/mol. The van der Waals surface area contributed by atoms with E-state index in [9.17, 15) is 4.79 Å². The maximum absolute atomic E-state index is 12.2. The van der Waals surface area contributed by atoms with Gasteiger partial charge in [-0.15, -0.1) is 11.3 Å². The lowest BCUT2D eigenvalue weighted by molar-refractivity contribution is 0.0951. The van der Waals surface area contributed by atoms with E-state index in [-0.39, 0.29) is 5.91 Å².